The highest BCUT2D eigenvalue weighted by Crippen LogP contribution is 2.34. The molecule has 1 N–H and O–H groups in total. The van der Waals surface area contributed by atoms with Gasteiger partial charge in [0.25, 0.3) is 0 Å². The van der Waals surface area contributed by atoms with Gasteiger partial charge in [-0.2, -0.15) is 0 Å². The molecule has 1 atom stereocenters. The molecular weight excluding hydrogens is 334 g/mol. The highest BCUT2D eigenvalue weighted by Gasteiger charge is 2.29. The Labute approximate surface area is 147 Å². The van der Waals surface area contributed by atoms with E-state index in [1.807, 2.05) is 22.3 Å². The van der Waals surface area contributed by atoms with Gasteiger partial charge in [0.2, 0.25) is 5.91 Å². The Balaban J connectivity index is 1.61. The molecule has 4 heterocycles. The first kappa shape index (κ1) is 14.4. The minimum atomic E-state index is -0.000984. The molecule has 0 radical (unpaired) electrons. The van der Waals surface area contributed by atoms with Gasteiger partial charge in [-0.25, -0.2) is 9.97 Å². The second-order valence-electron chi connectivity index (χ2n) is 6.09. The lowest BCUT2D eigenvalue weighted by Gasteiger charge is -2.16. The van der Waals surface area contributed by atoms with E-state index in [-0.39, 0.29) is 11.8 Å². The van der Waals surface area contributed by atoms with E-state index in [9.17, 15) is 4.79 Å². The lowest BCUT2D eigenvalue weighted by atomic mass is 9.91. The molecule has 0 bridgehead atoms. The predicted molar refractivity (Wildman–Crippen MR) is 94.9 cm³/mol. The van der Waals surface area contributed by atoms with E-state index >= 15 is 0 Å². The number of carbonyl (C=O) groups is 1. The van der Waals surface area contributed by atoms with Crippen molar-refractivity contribution in [3.05, 3.63) is 71.5 Å². The lowest BCUT2D eigenvalue weighted by Crippen LogP contribution is -2.21. The van der Waals surface area contributed by atoms with Crippen molar-refractivity contribution in [2.45, 2.75) is 18.9 Å². The Bertz CT molecular complexity index is 1050. The molecule has 0 fully saturated rings. The van der Waals surface area contributed by atoms with E-state index < -0.39 is 0 Å². The Kier molecular flexibility index (Phi) is 3.21. The molecule has 0 aliphatic carbocycles. The Hall–Kier alpha value is -2.93. The van der Waals surface area contributed by atoms with Crippen LogP contribution in [0, 0.1) is 0 Å². The monoisotopic (exact) mass is 349 g/mol. The van der Waals surface area contributed by atoms with Crippen molar-refractivity contribution in [2.75, 3.05) is 0 Å². The molecule has 5 rings (SSSR count). The third kappa shape index (κ3) is 2.35. The molecule has 1 amide bonds. The standard InChI is InChI=1S/C18H15N5OS/c24-16-9-14(12-1-3-13(4-2-12)22-6-5-19-11-22)17-15(10-20-16)21-18-23(17)7-8-25-18/h1-8,11,14H,9-10H2,(H,20,24). The first-order valence-corrected chi connectivity index (χ1v) is 8.97. The molecule has 6 nitrogen and oxygen atoms in total. The summed E-state index contributed by atoms with van der Waals surface area (Å²) >= 11 is 1.62. The number of nitrogens with one attached hydrogen (secondary N) is 1. The van der Waals surface area contributed by atoms with Gasteiger partial charge in [-0.3, -0.25) is 9.20 Å². The first-order chi connectivity index (χ1) is 12.3. The molecule has 0 saturated heterocycles. The van der Waals surface area contributed by atoms with Gasteiger partial charge < -0.3 is 9.88 Å². The molecule has 3 aromatic heterocycles. The number of amides is 1. The largest absolute Gasteiger partial charge is 0.350 e. The van der Waals surface area contributed by atoms with Crippen LogP contribution in [0.5, 0.6) is 0 Å². The number of aromatic nitrogens is 4. The molecule has 1 aliphatic heterocycles. The maximum atomic E-state index is 12.2. The van der Waals surface area contributed by atoms with Crippen molar-refractivity contribution >= 4 is 22.2 Å². The minimum absolute atomic E-state index is 0.000984. The van der Waals surface area contributed by atoms with Crippen molar-refractivity contribution in [1.82, 2.24) is 24.3 Å². The number of rotatable bonds is 2. The molecule has 0 saturated carbocycles. The van der Waals surface area contributed by atoms with E-state index in [0.717, 1.165) is 27.6 Å². The number of fused-ring (bicyclic) bond motifs is 3. The van der Waals surface area contributed by atoms with Gasteiger partial charge in [-0.15, -0.1) is 11.3 Å². The summed E-state index contributed by atoms with van der Waals surface area (Å²) in [5.74, 6) is 0.0598. The highest BCUT2D eigenvalue weighted by atomic mass is 32.1. The fourth-order valence-corrected chi connectivity index (χ4v) is 4.19. The number of benzene rings is 1. The third-order valence-electron chi connectivity index (χ3n) is 4.65. The quantitative estimate of drug-likeness (QED) is 0.605. The Morgan fingerprint density at radius 2 is 2.08 bits per heavy atom. The van der Waals surface area contributed by atoms with Crippen LogP contribution in [0.15, 0.2) is 54.6 Å². The van der Waals surface area contributed by atoms with Crippen LogP contribution in [0.1, 0.15) is 29.3 Å². The van der Waals surface area contributed by atoms with Gasteiger partial charge in [0.1, 0.15) is 0 Å². The minimum Gasteiger partial charge on any atom is -0.350 e. The van der Waals surface area contributed by atoms with Crippen molar-refractivity contribution < 1.29 is 4.79 Å². The van der Waals surface area contributed by atoms with Gasteiger partial charge in [-0.05, 0) is 17.7 Å². The number of hydrogen-bond donors (Lipinski definition) is 1. The predicted octanol–water partition coefficient (Wildman–Crippen LogP) is 2.73. The van der Waals surface area contributed by atoms with Crippen LogP contribution in [0.3, 0.4) is 0 Å². The average Bonchev–Trinajstić information content (AvgIpc) is 3.34. The SMILES string of the molecule is O=C1CC(c2ccc(-n3ccnc3)cc2)c2c(nc3sccn23)CN1. The fourth-order valence-electron chi connectivity index (χ4n) is 3.45. The summed E-state index contributed by atoms with van der Waals surface area (Å²) in [6, 6.07) is 8.30. The van der Waals surface area contributed by atoms with Crippen LogP contribution in [0.2, 0.25) is 0 Å². The second-order valence-corrected chi connectivity index (χ2v) is 6.97. The van der Waals surface area contributed by atoms with E-state index in [4.69, 9.17) is 4.98 Å². The normalized spacial score (nSPS) is 17.3. The summed E-state index contributed by atoms with van der Waals surface area (Å²) < 4.78 is 4.08. The number of nitrogens with zero attached hydrogens (tertiary/aromatic N) is 4. The van der Waals surface area contributed by atoms with E-state index in [2.05, 4.69) is 39.0 Å². The Morgan fingerprint density at radius 3 is 2.88 bits per heavy atom. The molecule has 7 heteroatoms. The van der Waals surface area contributed by atoms with Gasteiger partial charge in [0.15, 0.2) is 4.96 Å². The topological polar surface area (TPSA) is 64.2 Å². The number of thiazole rings is 1. The first-order valence-electron chi connectivity index (χ1n) is 8.09. The molecule has 0 spiro atoms. The molecule has 1 aliphatic rings. The van der Waals surface area contributed by atoms with Crippen LogP contribution < -0.4 is 5.32 Å². The summed E-state index contributed by atoms with van der Waals surface area (Å²) in [7, 11) is 0. The van der Waals surface area contributed by atoms with Crippen LogP contribution in [-0.2, 0) is 11.3 Å². The maximum absolute atomic E-state index is 12.2. The summed E-state index contributed by atoms with van der Waals surface area (Å²) in [6.45, 7) is 0.492. The average molecular weight is 349 g/mol. The van der Waals surface area contributed by atoms with Crippen LogP contribution in [0.25, 0.3) is 10.6 Å². The lowest BCUT2D eigenvalue weighted by molar-refractivity contribution is -0.121. The van der Waals surface area contributed by atoms with Crippen molar-refractivity contribution in [1.29, 1.82) is 0 Å². The van der Waals surface area contributed by atoms with E-state index in [1.165, 1.54) is 0 Å². The second kappa shape index (κ2) is 5.56. The van der Waals surface area contributed by atoms with Crippen molar-refractivity contribution in [3.63, 3.8) is 0 Å². The number of hydrogen-bond acceptors (Lipinski definition) is 4. The third-order valence-corrected chi connectivity index (χ3v) is 5.40. The van der Waals surface area contributed by atoms with Gasteiger partial charge in [-0.1, -0.05) is 12.1 Å². The van der Waals surface area contributed by atoms with E-state index in [0.29, 0.717) is 13.0 Å². The van der Waals surface area contributed by atoms with Gasteiger partial charge >= 0.3 is 0 Å². The summed E-state index contributed by atoms with van der Waals surface area (Å²) in [6.07, 6.45) is 7.92. The molecule has 4 aromatic rings. The van der Waals surface area contributed by atoms with Crippen LogP contribution in [-0.4, -0.2) is 24.8 Å². The number of carbonyl (C=O) groups excluding carboxylic acids is 1. The van der Waals surface area contributed by atoms with Crippen LogP contribution >= 0.6 is 11.3 Å². The molecule has 1 aromatic carbocycles. The smallest absolute Gasteiger partial charge is 0.221 e. The summed E-state index contributed by atoms with van der Waals surface area (Å²) in [5, 5.41) is 4.99. The number of imidazole rings is 2. The molecular formula is C18H15N5OS. The van der Waals surface area contributed by atoms with Crippen molar-refractivity contribution in [3.8, 4) is 5.69 Å². The van der Waals surface area contributed by atoms with Crippen molar-refractivity contribution in [2.24, 2.45) is 0 Å². The summed E-state index contributed by atoms with van der Waals surface area (Å²) in [5.41, 5.74) is 4.25. The molecule has 124 valence electrons. The van der Waals surface area contributed by atoms with Gasteiger partial charge in [0.05, 0.1) is 24.3 Å². The fraction of sp³-hybridized carbons (Fsp3) is 0.167. The maximum Gasteiger partial charge on any atom is 0.221 e. The van der Waals surface area contributed by atoms with Gasteiger partial charge in [0, 0.05) is 42.0 Å². The molecule has 25 heavy (non-hydrogen) atoms. The zero-order chi connectivity index (χ0) is 16.8. The zero-order valence-electron chi connectivity index (χ0n) is 13.3. The van der Waals surface area contributed by atoms with Crippen LogP contribution in [0.4, 0.5) is 0 Å². The molecule has 1 unspecified atom stereocenters. The zero-order valence-corrected chi connectivity index (χ0v) is 14.1. The van der Waals surface area contributed by atoms with E-state index in [1.54, 1.807) is 23.9 Å². The Morgan fingerprint density at radius 1 is 1.20 bits per heavy atom. The summed E-state index contributed by atoms with van der Waals surface area (Å²) in [4.78, 5) is 22.0. The highest BCUT2D eigenvalue weighted by molar-refractivity contribution is 7.15.